The number of benzene rings is 2. The summed E-state index contributed by atoms with van der Waals surface area (Å²) in [5.41, 5.74) is 0.865. The summed E-state index contributed by atoms with van der Waals surface area (Å²) < 4.78 is 4.90. The number of hydrogen-bond donors (Lipinski definition) is 4. The summed E-state index contributed by atoms with van der Waals surface area (Å²) in [6.45, 7) is 4.29. The summed E-state index contributed by atoms with van der Waals surface area (Å²) in [6, 6.07) is 10.3. The molecule has 4 amide bonds. The predicted octanol–water partition coefficient (Wildman–Crippen LogP) is 1.69. The van der Waals surface area contributed by atoms with E-state index in [-0.39, 0.29) is 36.8 Å². The van der Waals surface area contributed by atoms with Crippen LogP contribution in [0.2, 0.25) is 0 Å². The lowest BCUT2D eigenvalue weighted by molar-refractivity contribution is -0.146. The molecule has 1 aromatic heterocycles. The average Bonchev–Trinajstić information content (AvgIpc) is 3.43. The van der Waals surface area contributed by atoms with Crippen molar-refractivity contribution in [3.8, 4) is 0 Å². The van der Waals surface area contributed by atoms with E-state index in [4.69, 9.17) is 4.74 Å². The zero-order valence-corrected chi connectivity index (χ0v) is 25.0. The number of methoxy groups -OCH3 is 1. The van der Waals surface area contributed by atoms with Gasteiger partial charge in [-0.1, -0.05) is 56.3 Å². The van der Waals surface area contributed by atoms with Gasteiger partial charge in [-0.2, -0.15) is 0 Å². The molecule has 3 aromatic rings. The van der Waals surface area contributed by atoms with Crippen LogP contribution < -0.4 is 21.3 Å². The van der Waals surface area contributed by atoms with Crippen LogP contribution in [0.1, 0.15) is 49.2 Å². The fourth-order valence-electron chi connectivity index (χ4n) is 5.31. The smallest absolute Gasteiger partial charge is 0.328 e. The number of rotatable bonds is 13. The van der Waals surface area contributed by atoms with Crippen molar-refractivity contribution in [3.63, 3.8) is 0 Å². The van der Waals surface area contributed by atoms with Crippen molar-refractivity contribution < 1.29 is 28.7 Å². The second-order valence-electron chi connectivity index (χ2n) is 11.2. The Labute approximate surface area is 255 Å². The van der Waals surface area contributed by atoms with Crippen molar-refractivity contribution in [2.75, 3.05) is 13.7 Å². The lowest BCUT2D eigenvalue weighted by atomic mass is 9.96. The van der Waals surface area contributed by atoms with Gasteiger partial charge in [0.15, 0.2) is 0 Å². The molecule has 2 aromatic carbocycles. The highest BCUT2D eigenvalue weighted by atomic mass is 16.5. The third kappa shape index (κ3) is 8.36. The third-order valence-corrected chi connectivity index (χ3v) is 7.55. The molecule has 0 bridgehead atoms. The summed E-state index contributed by atoms with van der Waals surface area (Å²) in [5.74, 6) is -3.09. The Morgan fingerprint density at radius 1 is 0.955 bits per heavy atom. The number of nitrogens with one attached hydrogen (secondary N) is 4. The highest BCUT2D eigenvalue weighted by Crippen LogP contribution is 2.21. The molecule has 2 heterocycles. The van der Waals surface area contributed by atoms with Crippen molar-refractivity contribution in [1.82, 2.24) is 31.2 Å². The molecule has 44 heavy (non-hydrogen) atoms. The molecule has 12 heteroatoms. The molecule has 232 valence electrons. The van der Waals surface area contributed by atoms with Gasteiger partial charge < -0.3 is 26.0 Å². The van der Waals surface area contributed by atoms with Crippen molar-refractivity contribution in [2.24, 2.45) is 11.8 Å². The van der Waals surface area contributed by atoms with Gasteiger partial charge in [0.25, 0.3) is 5.91 Å². The van der Waals surface area contributed by atoms with E-state index in [0.29, 0.717) is 13.0 Å². The van der Waals surface area contributed by atoms with E-state index >= 15 is 0 Å². The third-order valence-electron chi connectivity index (χ3n) is 7.55. The summed E-state index contributed by atoms with van der Waals surface area (Å²) in [4.78, 5) is 73.2. The summed E-state index contributed by atoms with van der Waals surface area (Å²) in [6.07, 6.45) is 5.12. The first-order valence-corrected chi connectivity index (χ1v) is 14.7. The summed E-state index contributed by atoms with van der Waals surface area (Å²) in [7, 11) is 1.21. The summed E-state index contributed by atoms with van der Waals surface area (Å²) >= 11 is 0. The first-order chi connectivity index (χ1) is 21.2. The molecule has 1 fully saturated rings. The van der Waals surface area contributed by atoms with Gasteiger partial charge in [-0.3, -0.25) is 24.2 Å². The SMILES string of the molecule is COC(=O)[C@H](C[C@@H]1CCNC1=O)NC(=O)[C@H](CC(C)C)NC(=O)C(Cc1cccc2ccccc12)NC(=O)c1cnccn1. The number of ether oxygens (including phenoxy) is 1. The Balaban J connectivity index is 1.57. The minimum atomic E-state index is -1.07. The zero-order chi connectivity index (χ0) is 31.6. The van der Waals surface area contributed by atoms with Crippen LogP contribution in [0.15, 0.2) is 61.1 Å². The van der Waals surface area contributed by atoms with E-state index in [9.17, 15) is 24.0 Å². The van der Waals surface area contributed by atoms with E-state index in [2.05, 4.69) is 31.2 Å². The Hall–Kier alpha value is -4.87. The number of carbonyl (C=O) groups excluding carboxylic acids is 5. The molecule has 1 aliphatic heterocycles. The Morgan fingerprint density at radius 2 is 1.68 bits per heavy atom. The lowest BCUT2D eigenvalue weighted by Gasteiger charge is -2.26. The summed E-state index contributed by atoms with van der Waals surface area (Å²) in [5, 5.41) is 12.9. The standard InChI is InChI=1S/C32H38N6O6/c1-19(2)15-24(29(40)38-26(32(43)44-3)17-22-11-12-35-28(22)39)36-30(41)25(37-31(42)27-18-33-13-14-34-27)16-21-9-6-8-20-7-4-5-10-23(20)21/h4-10,13-14,18-19,22,24-26H,11-12,15-17H2,1-3H3,(H,35,39)(H,36,41)(H,37,42)(H,38,40)/t22-,24-,25?,26-/m0/s1. The number of aromatic nitrogens is 2. The Kier molecular flexibility index (Phi) is 11.0. The second kappa shape index (κ2) is 15.0. The second-order valence-corrected chi connectivity index (χ2v) is 11.2. The van der Waals surface area contributed by atoms with Gasteiger partial charge in [-0.15, -0.1) is 0 Å². The number of fused-ring (bicyclic) bond motifs is 1. The molecule has 0 aliphatic carbocycles. The van der Waals surface area contributed by atoms with E-state index in [1.165, 1.54) is 25.7 Å². The highest BCUT2D eigenvalue weighted by Gasteiger charge is 2.35. The predicted molar refractivity (Wildman–Crippen MR) is 162 cm³/mol. The molecule has 0 radical (unpaired) electrons. The Morgan fingerprint density at radius 3 is 2.36 bits per heavy atom. The van der Waals surface area contributed by atoms with Crippen LogP contribution in [0.25, 0.3) is 10.8 Å². The minimum absolute atomic E-state index is 0.00561. The molecule has 4 rings (SSSR count). The van der Waals surface area contributed by atoms with Crippen LogP contribution in [0.5, 0.6) is 0 Å². The maximum atomic E-state index is 13.9. The van der Waals surface area contributed by atoms with Crippen LogP contribution in [0.4, 0.5) is 0 Å². The van der Waals surface area contributed by atoms with Crippen LogP contribution in [0, 0.1) is 11.8 Å². The zero-order valence-electron chi connectivity index (χ0n) is 25.0. The molecule has 4 atom stereocenters. The van der Waals surface area contributed by atoms with Crippen molar-refractivity contribution >= 4 is 40.4 Å². The van der Waals surface area contributed by atoms with E-state index in [1.54, 1.807) is 0 Å². The van der Waals surface area contributed by atoms with Gasteiger partial charge in [0.05, 0.1) is 13.3 Å². The quantitative estimate of drug-likeness (QED) is 0.214. The van der Waals surface area contributed by atoms with Crippen molar-refractivity contribution in [3.05, 3.63) is 72.3 Å². The number of amides is 4. The normalized spacial score (nSPS) is 16.5. The number of carbonyl (C=O) groups is 5. The van der Waals surface area contributed by atoms with Crippen LogP contribution in [0.3, 0.4) is 0 Å². The van der Waals surface area contributed by atoms with Crippen LogP contribution in [-0.2, 0) is 30.3 Å². The molecular weight excluding hydrogens is 564 g/mol. The maximum absolute atomic E-state index is 13.9. The maximum Gasteiger partial charge on any atom is 0.328 e. The molecular formula is C32H38N6O6. The van der Waals surface area contributed by atoms with E-state index in [0.717, 1.165) is 16.3 Å². The van der Waals surface area contributed by atoms with Crippen LogP contribution >= 0.6 is 0 Å². The molecule has 12 nitrogen and oxygen atoms in total. The number of esters is 1. The fourth-order valence-corrected chi connectivity index (χ4v) is 5.31. The van der Waals surface area contributed by atoms with Gasteiger partial charge in [-0.25, -0.2) is 9.78 Å². The lowest BCUT2D eigenvalue weighted by Crippen LogP contribution is -2.57. The molecule has 0 saturated carbocycles. The Bertz CT molecular complexity index is 1490. The molecule has 1 aliphatic rings. The van der Waals surface area contributed by atoms with E-state index < -0.39 is 47.7 Å². The molecule has 1 unspecified atom stereocenters. The highest BCUT2D eigenvalue weighted by molar-refractivity contribution is 5.98. The molecule has 1 saturated heterocycles. The van der Waals surface area contributed by atoms with E-state index in [1.807, 2.05) is 56.3 Å². The number of hydrogen-bond acceptors (Lipinski definition) is 8. The van der Waals surface area contributed by atoms with Gasteiger partial charge >= 0.3 is 5.97 Å². The average molecular weight is 603 g/mol. The van der Waals surface area contributed by atoms with Gasteiger partial charge in [0, 0.05) is 31.3 Å². The number of nitrogens with zero attached hydrogens (tertiary/aromatic N) is 2. The largest absolute Gasteiger partial charge is 0.467 e. The van der Waals surface area contributed by atoms with Gasteiger partial charge in [-0.05, 0) is 41.5 Å². The molecule has 4 N–H and O–H groups in total. The van der Waals surface area contributed by atoms with Gasteiger partial charge in [0.2, 0.25) is 17.7 Å². The fraction of sp³-hybridized carbons (Fsp3) is 0.406. The van der Waals surface area contributed by atoms with Crippen LogP contribution in [-0.4, -0.2) is 71.3 Å². The first kappa shape index (κ1) is 32.1. The molecule has 0 spiro atoms. The first-order valence-electron chi connectivity index (χ1n) is 14.7. The van der Waals surface area contributed by atoms with Crippen molar-refractivity contribution in [2.45, 2.75) is 57.7 Å². The monoisotopic (exact) mass is 602 g/mol. The van der Waals surface area contributed by atoms with Crippen molar-refractivity contribution in [1.29, 1.82) is 0 Å². The minimum Gasteiger partial charge on any atom is -0.467 e. The topological polar surface area (TPSA) is 168 Å². The van der Waals surface area contributed by atoms with Gasteiger partial charge in [0.1, 0.15) is 23.8 Å².